The van der Waals surface area contributed by atoms with Crippen LogP contribution in [-0.4, -0.2) is 29.8 Å². The van der Waals surface area contributed by atoms with Crippen molar-refractivity contribution in [2.45, 2.75) is 33.3 Å². The van der Waals surface area contributed by atoms with Gasteiger partial charge in [0.25, 0.3) is 0 Å². The van der Waals surface area contributed by atoms with Gasteiger partial charge < -0.3 is 9.47 Å². The summed E-state index contributed by atoms with van der Waals surface area (Å²) in [5.41, 5.74) is 0.541. The number of rotatable bonds is 4. The smallest absolute Gasteiger partial charge is 0.413 e. The number of esters is 1. The molecule has 0 aliphatic rings. The van der Waals surface area contributed by atoms with Crippen molar-refractivity contribution in [2.24, 2.45) is 4.99 Å². The molecule has 1 N–H and O–H groups in total. The highest BCUT2D eigenvalue weighted by Crippen LogP contribution is 2.22. The Kier molecular flexibility index (Phi) is 7.12. The summed E-state index contributed by atoms with van der Waals surface area (Å²) in [6.07, 6.45) is 0.0190. The van der Waals surface area contributed by atoms with Gasteiger partial charge >= 0.3 is 12.1 Å². The third-order valence-corrected chi connectivity index (χ3v) is 3.72. The molecular weight excluding hydrogens is 396 g/mol. The molecule has 0 saturated carbocycles. The number of carbonyl (C=O) groups excluding carboxylic acids is 3. The Balaban J connectivity index is 2.01. The maximum atomic E-state index is 12.2. The number of hydrogen-bond acceptors (Lipinski definition) is 6. The number of alkyl carbamates (subject to hydrolysis) is 1. The Bertz CT molecular complexity index is 947. The summed E-state index contributed by atoms with van der Waals surface area (Å²) in [6.45, 7) is 6.92. The summed E-state index contributed by atoms with van der Waals surface area (Å²) in [4.78, 5) is 39.0. The van der Waals surface area contributed by atoms with Crippen LogP contribution in [0.1, 0.15) is 48.4 Å². The Hall–Kier alpha value is -3.19. The van der Waals surface area contributed by atoms with Crippen molar-refractivity contribution in [1.29, 1.82) is 0 Å². The van der Waals surface area contributed by atoms with Gasteiger partial charge in [0.15, 0.2) is 6.29 Å². The monoisotopic (exact) mass is 416 g/mol. The number of ether oxygens (including phenoxy) is 2. The van der Waals surface area contributed by atoms with E-state index < -0.39 is 17.7 Å². The second kappa shape index (κ2) is 9.34. The van der Waals surface area contributed by atoms with E-state index in [0.717, 1.165) is 0 Å². The molecule has 152 valence electrons. The van der Waals surface area contributed by atoms with Crippen molar-refractivity contribution in [2.75, 3.05) is 0 Å². The van der Waals surface area contributed by atoms with Crippen molar-refractivity contribution in [1.82, 2.24) is 5.32 Å². The summed E-state index contributed by atoms with van der Waals surface area (Å²) >= 11 is 5.92. The number of nitrogens with one attached hydrogen (secondary N) is 1. The van der Waals surface area contributed by atoms with E-state index in [4.69, 9.17) is 21.1 Å². The highest BCUT2D eigenvalue weighted by atomic mass is 35.5. The van der Waals surface area contributed by atoms with Gasteiger partial charge in [0.1, 0.15) is 17.2 Å². The molecule has 2 rings (SSSR count). The van der Waals surface area contributed by atoms with Crippen molar-refractivity contribution < 1.29 is 23.9 Å². The van der Waals surface area contributed by atoms with E-state index in [-0.39, 0.29) is 10.8 Å². The van der Waals surface area contributed by atoms with Crippen LogP contribution in [-0.2, 0) is 4.74 Å². The Morgan fingerprint density at radius 2 is 1.76 bits per heavy atom. The van der Waals surface area contributed by atoms with E-state index >= 15 is 0 Å². The molecule has 0 aliphatic carbocycles. The zero-order valence-electron chi connectivity index (χ0n) is 16.5. The first-order valence-electron chi connectivity index (χ1n) is 8.69. The lowest BCUT2D eigenvalue weighted by molar-refractivity contribution is 0.0562. The minimum atomic E-state index is -0.607. The largest absolute Gasteiger partial charge is 0.444 e. The van der Waals surface area contributed by atoms with Crippen molar-refractivity contribution in [3.63, 3.8) is 0 Å². The van der Waals surface area contributed by atoms with E-state index in [0.29, 0.717) is 28.9 Å². The quantitative estimate of drug-likeness (QED) is 0.250. The first-order chi connectivity index (χ1) is 13.6. The van der Waals surface area contributed by atoms with E-state index in [1.54, 1.807) is 52.0 Å². The number of nitrogens with zero attached hydrogens (tertiary/aromatic N) is 1. The van der Waals surface area contributed by atoms with Gasteiger partial charge in [-0.3, -0.25) is 10.1 Å². The van der Waals surface area contributed by atoms with Gasteiger partial charge in [-0.15, -0.1) is 0 Å². The lowest BCUT2D eigenvalue weighted by atomic mass is 10.2. The maximum absolute atomic E-state index is 12.2. The topological polar surface area (TPSA) is 94.1 Å². The fourth-order valence-corrected chi connectivity index (χ4v) is 2.39. The van der Waals surface area contributed by atoms with Gasteiger partial charge in [-0.2, -0.15) is 0 Å². The number of halogens is 1. The maximum Gasteiger partial charge on any atom is 0.413 e. The highest BCUT2D eigenvalue weighted by molar-refractivity contribution is 6.33. The predicted molar refractivity (Wildman–Crippen MR) is 110 cm³/mol. The van der Waals surface area contributed by atoms with Crippen LogP contribution >= 0.6 is 11.6 Å². The van der Waals surface area contributed by atoms with Crippen LogP contribution in [0.25, 0.3) is 0 Å². The fraction of sp³-hybridized carbons (Fsp3) is 0.238. The fourth-order valence-electron chi connectivity index (χ4n) is 2.18. The average molecular weight is 417 g/mol. The number of aliphatic imine (C=N–C) groups is 1. The minimum absolute atomic E-state index is 0.197. The van der Waals surface area contributed by atoms with E-state index in [9.17, 15) is 14.4 Å². The molecule has 0 unspecified atom stereocenters. The molecule has 0 atom stereocenters. The molecule has 8 heteroatoms. The number of aldehydes is 1. The van der Waals surface area contributed by atoms with Crippen LogP contribution in [0.5, 0.6) is 5.75 Å². The van der Waals surface area contributed by atoms with E-state index in [1.807, 2.05) is 0 Å². The predicted octanol–water partition coefficient (Wildman–Crippen LogP) is 4.95. The highest BCUT2D eigenvalue weighted by Gasteiger charge is 2.16. The SMILES string of the molecule is CC(=Nc1ccc(C(=O)Oc2ccc(C=O)c(Cl)c2)cc1)NC(=O)OC(C)(C)C. The molecule has 0 aromatic heterocycles. The molecule has 0 bridgehead atoms. The van der Waals surface area contributed by atoms with E-state index in [2.05, 4.69) is 10.3 Å². The van der Waals surface area contributed by atoms with Crippen molar-refractivity contribution >= 4 is 41.5 Å². The first-order valence-corrected chi connectivity index (χ1v) is 9.07. The zero-order chi connectivity index (χ0) is 21.6. The third-order valence-electron chi connectivity index (χ3n) is 3.39. The van der Waals surface area contributed by atoms with Gasteiger partial charge in [0, 0.05) is 11.6 Å². The number of carbonyl (C=O) groups is 3. The van der Waals surface area contributed by atoms with Crippen LogP contribution in [0, 0.1) is 0 Å². The molecule has 7 nitrogen and oxygen atoms in total. The van der Waals surface area contributed by atoms with Crippen LogP contribution in [0.15, 0.2) is 47.5 Å². The average Bonchev–Trinajstić information content (AvgIpc) is 2.60. The molecule has 0 aliphatic heterocycles. The lowest BCUT2D eigenvalue weighted by Crippen LogP contribution is -2.35. The van der Waals surface area contributed by atoms with Gasteiger partial charge in [-0.25, -0.2) is 14.6 Å². The van der Waals surface area contributed by atoms with Crippen LogP contribution in [0.3, 0.4) is 0 Å². The molecule has 0 spiro atoms. The lowest BCUT2D eigenvalue weighted by Gasteiger charge is -2.19. The van der Waals surface area contributed by atoms with Crippen LogP contribution < -0.4 is 10.1 Å². The number of amides is 1. The number of benzene rings is 2. The van der Waals surface area contributed by atoms with Crippen molar-refractivity contribution in [3.05, 3.63) is 58.6 Å². The number of amidine groups is 1. The molecule has 29 heavy (non-hydrogen) atoms. The standard InChI is InChI=1S/C21H21ClN2O5/c1-13(24-20(27)29-21(2,3)4)23-16-8-5-14(6-9-16)19(26)28-17-10-7-15(12-25)18(22)11-17/h5-12H,1-4H3,(H,23,24,27). The first kappa shape index (κ1) is 22.1. The summed E-state index contributed by atoms with van der Waals surface area (Å²) in [5, 5.41) is 2.73. The van der Waals surface area contributed by atoms with Gasteiger partial charge in [0.2, 0.25) is 0 Å². The molecule has 2 aromatic carbocycles. The summed E-state index contributed by atoms with van der Waals surface area (Å²) in [5.74, 6) is -0.0105. The summed E-state index contributed by atoms with van der Waals surface area (Å²) < 4.78 is 10.4. The Morgan fingerprint density at radius 1 is 1.10 bits per heavy atom. The van der Waals surface area contributed by atoms with Gasteiger partial charge in [-0.05, 0) is 64.1 Å². The van der Waals surface area contributed by atoms with Gasteiger partial charge in [0.05, 0.1) is 16.3 Å². The van der Waals surface area contributed by atoms with Gasteiger partial charge in [-0.1, -0.05) is 11.6 Å². The molecule has 0 fully saturated rings. The molecular formula is C21H21ClN2O5. The van der Waals surface area contributed by atoms with Crippen molar-refractivity contribution in [3.8, 4) is 5.75 Å². The second-order valence-electron chi connectivity index (χ2n) is 7.06. The third kappa shape index (κ3) is 7.04. The molecule has 0 radical (unpaired) electrons. The Labute approximate surface area is 173 Å². The van der Waals surface area contributed by atoms with E-state index in [1.165, 1.54) is 18.2 Å². The summed E-state index contributed by atoms with van der Waals surface area (Å²) in [6, 6.07) is 10.7. The normalized spacial score (nSPS) is 11.6. The Morgan fingerprint density at radius 3 is 2.31 bits per heavy atom. The number of hydrogen-bond donors (Lipinski definition) is 1. The minimum Gasteiger partial charge on any atom is -0.444 e. The van der Waals surface area contributed by atoms with Crippen LogP contribution in [0.4, 0.5) is 10.5 Å². The van der Waals surface area contributed by atoms with Crippen LogP contribution in [0.2, 0.25) is 5.02 Å². The second-order valence-corrected chi connectivity index (χ2v) is 7.47. The summed E-state index contributed by atoms with van der Waals surface area (Å²) in [7, 11) is 0. The molecule has 0 heterocycles. The molecule has 0 saturated heterocycles. The molecule has 2 aromatic rings. The zero-order valence-corrected chi connectivity index (χ0v) is 17.2. The molecule has 1 amide bonds.